The zero-order chi connectivity index (χ0) is 22.3. The van der Waals surface area contributed by atoms with Crippen molar-refractivity contribution >= 4 is 34.3 Å². The van der Waals surface area contributed by atoms with Crippen molar-refractivity contribution in [1.82, 2.24) is 10.3 Å². The number of aliphatic hydroxyl groups is 1. The Kier molecular flexibility index (Phi) is 9.72. The second kappa shape index (κ2) is 11.3. The lowest BCUT2D eigenvalue weighted by atomic mass is 10.0. The molecule has 0 radical (unpaired) electrons. The number of ether oxygens (including phenoxy) is 1. The molecule has 8 nitrogen and oxygen atoms in total. The highest BCUT2D eigenvalue weighted by Gasteiger charge is 2.32. The summed E-state index contributed by atoms with van der Waals surface area (Å²) in [5.41, 5.74) is 0. The molecular weight excluding hydrogens is 394 g/mol. The van der Waals surface area contributed by atoms with Crippen LogP contribution in [0.2, 0.25) is 0 Å². The molecule has 3 atom stereocenters. The minimum Gasteiger partial charge on any atom is -0.450 e. The maximum Gasteiger partial charge on any atom is 0.336 e. The summed E-state index contributed by atoms with van der Waals surface area (Å²) in [6.45, 7) is 12.7. The number of nitrogens with one attached hydrogen (secondary N) is 2. The molecule has 0 fully saturated rings. The summed E-state index contributed by atoms with van der Waals surface area (Å²) in [6.07, 6.45) is -0.342. The quantitative estimate of drug-likeness (QED) is 0.494. The lowest BCUT2D eigenvalue weighted by Crippen LogP contribution is -2.50. The number of carbonyl (C=O) groups is 3. The molecule has 164 valence electrons. The van der Waals surface area contributed by atoms with Crippen LogP contribution in [0.5, 0.6) is 0 Å². The van der Waals surface area contributed by atoms with Crippen molar-refractivity contribution in [2.75, 3.05) is 5.32 Å². The Balaban J connectivity index is 2.79. The summed E-state index contributed by atoms with van der Waals surface area (Å²) in [7, 11) is 0. The first-order chi connectivity index (χ1) is 13.5. The van der Waals surface area contributed by atoms with Gasteiger partial charge in [0, 0.05) is 11.1 Å². The summed E-state index contributed by atoms with van der Waals surface area (Å²) in [4.78, 5) is 42.5. The molecule has 0 spiro atoms. The van der Waals surface area contributed by atoms with Crippen LogP contribution in [0.3, 0.4) is 0 Å². The number of aliphatic hydroxyl groups excluding tert-OH is 1. The summed E-state index contributed by atoms with van der Waals surface area (Å²) >= 11 is 1.39. The number of anilines is 1. The van der Waals surface area contributed by atoms with Crippen molar-refractivity contribution in [3.63, 3.8) is 0 Å². The average molecular weight is 428 g/mol. The maximum atomic E-state index is 12.7. The second-order valence-electron chi connectivity index (χ2n) is 7.97. The number of nitrogens with zero attached hydrogens (tertiary/aromatic N) is 1. The van der Waals surface area contributed by atoms with Gasteiger partial charge < -0.3 is 20.5 Å². The molecule has 0 saturated heterocycles. The monoisotopic (exact) mass is 427 g/mol. The molecule has 0 aliphatic heterocycles. The highest BCUT2D eigenvalue weighted by molar-refractivity contribution is 7.15. The number of thiazole rings is 1. The molecule has 0 aliphatic rings. The molecule has 2 amide bonds. The fourth-order valence-electron chi connectivity index (χ4n) is 2.37. The fraction of sp³-hybridized carbons (Fsp3) is 0.700. The van der Waals surface area contributed by atoms with Gasteiger partial charge in [0.2, 0.25) is 5.91 Å². The minimum absolute atomic E-state index is 0.308. The number of aromatic nitrogens is 1. The highest BCUT2D eigenvalue weighted by atomic mass is 32.1. The van der Waals surface area contributed by atoms with E-state index in [2.05, 4.69) is 15.6 Å². The van der Waals surface area contributed by atoms with Crippen molar-refractivity contribution < 1.29 is 24.2 Å². The molecule has 0 unspecified atom stereocenters. The summed E-state index contributed by atoms with van der Waals surface area (Å²) in [5, 5.41) is 15.7. The summed E-state index contributed by atoms with van der Waals surface area (Å²) < 4.78 is 5.23. The molecule has 9 heteroatoms. The van der Waals surface area contributed by atoms with Gasteiger partial charge in [-0.15, -0.1) is 11.3 Å². The maximum absolute atomic E-state index is 12.7. The lowest BCUT2D eigenvalue weighted by Gasteiger charge is -2.25. The van der Waals surface area contributed by atoms with Crippen LogP contribution in [0.25, 0.3) is 0 Å². The Labute approximate surface area is 176 Å². The van der Waals surface area contributed by atoms with Crippen LogP contribution < -0.4 is 10.6 Å². The van der Waals surface area contributed by atoms with Crippen molar-refractivity contribution in [3.05, 3.63) is 11.1 Å². The number of esters is 1. The number of carbonyl (C=O) groups excluding carboxylic acids is 3. The molecule has 3 N–H and O–H groups in total. The Morgan fingerprint density at radius 1 is 1.10 bits per heavy atom. The zero-order valence-corrected chi connectivity index (χ0v) is 19.0. The second-order valence-corrected chi connectivity index (χ2v) is 9.03. The van der Waals surface area contributed by atoms with Gasteiger partial charge in [-0.2, -0.15) is 0 Å². The van der Waals surface area contributed by atoms with Crippen molar-refractivity contribution in [3.8, 4) is 0 Å². The van der Waals surface area contributed by atoms with E-state index >= 15 is 0 Å². The number of hydrogen-bond acceptors (Lipinski definition) is 7. The third-order valence-corrected chi connectivity index (χ3v) is 5.56. The van der Waals surface area contributed by atoms with Gasteiger partial charge in [-0.3, -0.25) is 9.59 Å². The predicted molar refractivity (Wildman–Crippen MR) is 113 cm³/mol. The zero-order valence-electron chi connectivity index (χ0n) is 18.2. The summed E-state index contributed by atoms with van der Waals surface area (Å²) in [5.74, 6) is -2.17. The number of amides is 2. The van der Waals surface area contributed by atoms with Crippen LogP contribution >= 0.6 is 11.3 Å². The van der Waals surface area contributed by atoms with Crippen LogP contribution in [0, 0.1) is 11.8 Å². The topological polar surface area (TPSA) is 118 Å². The normalized spacial score (nSPS) is 14.6. The van der Waals surface area contributed by atoms with E-state index in [-0.39, 0.29) is 17.7 Å². The van der Waals surface area contributed by atoms with E-state index in [0.717, 1.165) is 4.88 Å². The van der Waals surface area contributed by atoms with Gasteiger partial charge in [0.05, 0.1) is 0 Å². The SMILES string of the molecule is CC[C@H](NC(=O)[C@@H](OC(=O)[C@@H](O)C(C)C)C(C)C)C(=O)Nc1ncc(C(C)C)s1. The van der Waals surface area contributed by atoms with Crippen LogP contribution in [0.1, 0.15) is 65.7 Å². The van der Waals surface area contributed by atoms with Gasteiger partial charge in [0.1, 0.15) is 6.04 Å². The van der Waals surface area contributed by atoms with Crippen molar-refractivity contribution in [2.45, 2.75) is 79.1 Å². The fourth-order valence-corrected chi connectivity index (χ4v) is 3.19. The molecular formula is C20H33N3O5S. The minimum atomic E-state index is -1.31. The Hall–Kier alpha value is -2.00. The average Bonchev–Trinajstić information content (AvgIpc) is 3.11. The smallest absolute Gasteiger partial charge is 0.336 e. The van der Waals surface area contributed by atoms with Gasteiger partial charge in [-0.1, -0.05) is 48.5 Å². The van der Waals surface area contributed by atoms with Gasteiger partial charge in [-0.05, 0) is 24.2 Å². The van der Waals surface area contributed by atoms with E-state index in [9.17, 15) is 19.5 Å². The van der Waals surface area contributed by atoms with Crippen LogP contribution in [0.15, 0.2) is 6.20 Å². The van der Waals surface area contributed by atoms with E-state index in [0.29, 0.717) is 17.5 Å². The molecule has 1 heterocycles. The highest BCUT2D eigenvalue weighted by Crippen LogP contribution is 2.25. The van der Waals surface area contributed by atoms with Gasteiger partial charge in [0.15, 0.2) is 17.3 Å². The van der Waals surface area contributed by atoms with E-state index < -0.39 is 30.1 Å². The molecule has 1 rings (SSSR count). The first kappa shape index (κ1) is 25.0. The van der Waals surface area contributed by atoms with Gasteiger partial charge >= 0.3 is 5.97 Å². The molecule has 1 aromatic heterocycles. The lowest BCUT2D eigenvalue weighted by molar-refractivity contribution is -0.168. The molecule has 0 aromatic carbocycles. The van der Waals surface area contributed by atoms with Crippen LogP contribution in [-0.4, -0.2) is 46.1 Å². The molecule has 0 bridgehead atoms. The molecule has 0 aliphatic carbocycles. The first-order valence-electron chi connectivity index (χ1n) is 9.93. The first-order valence-corrected chi connectivity index (χ1v) is 10.7. The van der Waals surface area contributed by atoms with Crippen molar-refractivity contribution in [1.29, 1.82) is 0 Å². The van der Waals surface area contributed by atoms with Crippen LogP contribution in [-0.2, 0) is 19.1 Å². The Bertz CT molecular complexity index is 702. The standard InChI is InChI=1S/C20H33N3O5S/c1-8-13(17(25)23-20-21-9-14(29-20)10(2)3)22-18(26)16(12(6)7)28-19(27)15(24)11(4)5/h9-13,15-16,24H,8H2,1-7H3,(H,22,26)(H,21,23,25)/t13-,15-,16-/m0/s1. The molecule has 0 saturated carbocycles. The molecule has 29 heavy (non-hydrogen) atoms. The Morgan fingerprint density at radius 2 is 1.72 bits per heavy atom. The predicted octanol–water partition coefficient (Wildman–Crippen LogP) is 2.68. The summed E-state index contributed by atoms with van der Waals surface area (Å²) in [6, 6.07) is -0.802. The largest absolute Gasteiger partial charge is 0.450 e. The van der Waals surface area contributed by atoms with E-state index in [1.165, 1.54) is 11.3 Å². The van der Waals surface area contributed by atoms with E-state index in [1.54, 1.807) is 40.8 Å². The van der Waals surface area contributed by atoms with Gasteiger partial charge in [0.25, 0.3) is 5.91 Å². The van der Waals surface area contributed by atoms with E-state index in [4.69, 9.17) is 4.74 Å². The third-order valence-electron chi connectivity index (χ3n) is 4.34. The van der Waals surface area contributed by atoms with Crippen molar-refractivity contribution in [2.24, 2.45) is 11.8 Å². The molecule has 1 aromatic rings. The van der Waals surface area contributed by atoms with Crippen LogP contribution in [0.4, 0.5) is 5.13 Å². The van der Waals surface area contributed by atoms with E-state index in [1.807, 2.05) is 13.8 Å². The van der Waals surface area contributed by atoms with Gasteiger partial charge in [-0.25, -0.2) is 9.78 Å². The number of hydrogen-bond donors (Lipinski definition) is 3. The third kappa shape index (κ3) is 7.40. The Morgan fingerprint density at radius 3 is 2.17 bits per heavy atom. The number of rotatable bonds is 10.